The van der Waals surface area contributed by atoms with Gasteiger partial charge in [-0.15, -0.1) is 11.3 Å². The molecule has 0 N–H and O–H groups in total. The molecule has 0 spiro atoms. The summed E-state index contributed by atoms with van der Waals surface area (Å²) in [5.41, 5.74) is 4.34. The Morgan fingerprint density at radius 2 is 2.03 bits per heavy atom. The summed E-state index contributed by atoms with van der Waals surface area (Å²) in [4.78, 5) is 17.8. The minimum atomic E-state index is 0.162. The third kappa shape index (κ3) is 5.38. The number of methoxy groups -OCH3 is 1. The van der Waals surface area contributed by atoms with Crippen molar-refractivity contribution >= 4 is 17.1 Å². The summed E-state index contributed by atoms with van der Waals surface area (Å²) in [7, 11) is 1.77. The van der Waals surface area contributed by atoms with Crippen molar-refractivity contribution in [3.05, 3.63) is 57.3 Å². The van der Waals surface area contributed by atoms with Crippen LogP contribution in [0.4, 0.5) is 0 Å². The van der Waals surface area contributed by atoms with Gasteiger partial charge in [-0.1, -0.05) is 24.3 Å². The van der Waals surface area contributed by atoms with Crippen molar-refractivity contribution in [3.8, 4) is 0 Å². The number of ether oxygens (including phenoxy) is 1. The van der Waals surface area contributed by atoms with Crippen molar-refractivity contribution in [1.29, 1.82) is 0 Å². The topological polar surface area (TPSA) is 32.8 Å². The largest absolute Gasteiger partial charge is 0.383 e. The van der Waals surface area contributed by atoms with E-state index in [2.05, 4.69) is 45.5 Å². The van der Waals surface area contributed by atoms with E-state index in [1.54, 1.807) is 36.5 Å². The highest BCUT2D eigenvalue weighted by Gasteiger charge is 2.31. The number of benzene rings is 1. The maximum Gasteiger partial charge on any atom is 0.169 e. The second-order valence-corrected chi connectivity index (χ2v) is 9.85. The molecule has 1 aliphatic carbocycles. The molecule has 30 heavy (non-hydrogen) atoms. The molecule has 4 nitrogen and oxygen atoms in total. The molecule has 0 bridgehead atoms. The summed E-state index contributed by atoms with van der Waals surface area (Å²) in [6.45, 7) is 7.77. The van der Waals surface area contributed by atoms with Gasteiger partial charge >= 0.3 is 0 Å². The molecule has 1 atom stereocenters. The predicted octanol–water partition coefficient (Wildman–Crippen LogP) is 4.28. The van der Waals surface area contributed by atoms with Gasteiger partial charge in [0.1, 0.15) is 0 Å². The van der Waals surface area contributed by atoms with Crippen LogP contribution in [0, 0.1) is 5.92 Å². The molecule has 1 fully saturated rings. The van der Waals surface area contributed by atoms with Crippen molar-refractivity contribution in [2.24, 2.45) is 5.92 Å². The van der Waals surface area contributed by atoms with E-state index in [1.807, 2.05) is 0 Å². The smallest absolute Gasteiger partial charge is 0.169 e. The summed E-state index contributed by atoms with van der Waals surface area (Å²) >= 11 is 1.57. The zero-order chi connectivity index (χ0) is 20.9. The fourth-order valence-electron chi connectivity index (χ4n) is 5.09. The lowest BCUT2D eigenvalue weighted by Gasteiger charge is -2.38. The van der Waals surface area contributed by atoms with Gasteiger partial charge < -0.3 is 4.74 Å². The van der Waals surface area contributed by atoms with Gasteiger partial charge in [0.2, 0.25) is 0 Å². The Morgan fingerprint density at radius 1 is 1.27 bits per heavy atom. The highest BCUT2D eigenvalue weighted by Crippen LogP contribution is 2.29. The number of thiophene rings is 1. The van der Waals surface area contributed by atoms with Gasteiger partial charge in [-0.3, -0.25) is 14.6 Å². The number of nitrogens with zero attached hydrogens (tertiary/aromatic N) is 2. The van der Waals surface area contributed by atoms with E-state index in [0.717, 1.165) is 31.1 Å². The van der Waals surface area contributed by atoms with Gasteiger partial charge in [0.25, 0.3) is 0 Å². The third-order valence-corrected chi connectivity index (χ3v) is 7.71. The number of piperidine rings is 1. The number of ketones is 1. The quantitative estimate of drug-likeness (QED) is 0.561. The number of Topliss-reactive ketones (excluding diaryl/α,β-unsaturated/α-hetero) is 1. The fourth-order valence-corrected chi connectivity index (χ4v) is 5.90. The molecule has 1 aromatic carbocycles. The first kappa shape index (κ1) is 21.7. The maximum atomic E-state index is 11.6. The van der Waals surface area contributed by atoms with Gasteiger partial charge in [-0.25, -0.2) is 0 Å². The van der Waals surface area contributed by atoms with Crippen LogP contribution in [-0.2, 0) is 24.1 Å². The first-order valence-electron chi connectivity index (χ1n) is 11.2. The normalized spacial score (nSPS) is 20.0. The summed E-state index contributed by atoms with van der Waals surface area (Å²) < 4.78 is 5.38. The standard InChI is InChI=1S/C25H34N2O2S/c1-19(28)25-12-21(18-30-25)16-26(10-11-29-2)15-20-6-5-9-27(17-20)24-13-22-7-3-4-8-23(22)14-24/h3-4,7-8,12,18,20,24H,5-6,9-11,13-17H2,1-2H3. The number of carbonyl (C=O) groups excluding carboxylic acids is 1. The van der Waals surface area contributed by atoms with E-state index in [4.69, 9.17) is 4.74 Å². The molecule has 0 radical (unpaired) electrons. The molecule has 5 heteroatoms. The lowest BCUT2D eigenvalue weighted by molar-refractivity contribution is 0.0844. The van der Waals surface area contributed by atoms with Crippen molar-refractivity contribution < 1.29 is 9.53 Å². The number of carbonyl (C=O) groups is 1. The van der Waals surface area contributed by atoms with Gasteiger partial charge in [0.05, 0.1) is 11.5 Å². The second-order valence-electron chi connectivity index (χ2n) is 8.94. The average Bonchev–Trinajstić information content (AvgIpc) is 3.39. The lowest BCUT2D eigenvalue weighted by atomic mass is 9.95. The number of rotatable bonds is 9. The molecule has 0 saturated carbocycles. The van der Waals surface area contributed by atoms with E-state index in [9.17, 15) is 4.79 Å². The second kappa shape index (κ2) is 10.2. The third-order valence-electron chi connectivity index (χ3n) is 6.63. The van der Waals surface area contributed by atoms with Crippen LogP contribution < -0.4 is 0 Å². The minimum Gasteiger partial charge on any atom is -0.383 e. The summed E-state index contributed by atoms with van der Waals surface area (Å²) in [5.74, 6) is 0.861. The van der Waals surface area contributed by atoms with E-state index in [-0.39, 0.29) is 5.78 Å². The van der Waals surface area contributed by atoms with E-state index >= 15 is 0 Å². The Bertz CT molecular complexity index is 824. The van der Waals surface area contributed by atoms with Crippen molar-refractivity contribution in [2.75, 3.05) is 39.9 Å². The average molecular weight is 427 g/mol. The highest BCUT2D eigenvalue weighted by molar-refractivity contribution is 7.12. The molecule has 1 aliphatic heterocycles. The molecule has 2 aromatic rings. The van der Waals surface area contributed by atoms with Crippen molar-refractivity contribution in [3.63, 3.8) is 0 Å². The summed E-state index contributed by atoms with van der Waals surface area (Å²) in [6.07, 6.45) is 5.02. The number of likely N-dealkylation sites (tertiary alicyclic amines) is 1. The first-order chi connectivity index (χ1) is 14.6. The molecule has 0 amide bonds. The zero-order valence-electron chi connectivity index (χ0n) is 18.3. The van der Waals surface area contributed by atoms with E-state index in [1.165, 1.54) is 44.3 Å². The molecule has 2 heterocycles. The van der Waals surface area contributed by atoms with Crippen LogP contribution in [0.15, 0.2) is 35.7 Å². The van der Waals surface area contributed by atoms with E-state index in [0.29, 0.717) is 12.0 Å². The fraction of sp³-hybridized carbons (Fsp3) is 0.560. The summed E-state index contributed by atoms with van der Waals surface area (Å²) in [5, 5.41) is 2.14. The van der Waals surface area contributed by atoms with Crippen LogP contribution in [0.25, 0.3) is 0 Å². The predicted molar refractivity (Wildman–Crippen MR) is 123 cm³/mol. The Balaban J connectivity index is 1.35. The van der Waals surface area contributed by atoms with Gasteiger partial charge in [0.15, 0.2) is 5.78 Å². The number of hydrogen-bond donors (Lipinski definition) is 0. The molecule has 1 aromatic heterocycles. The van der Waals surface area contributed by atoms with Crippen LogP contribution in [0.5, 0.6) is 0 Å². The molecular weight excluding hydrogens is 392 g/mol. The molecule has 2 aliphatic rings. The van der Waals surface area contributed by atoms with Crippen LogP contribution >= 0.6 is 11.3 Å². The highest BCUT2D eigenvalue weighted by atomic mass is 32.1. The van der Waals surface area contributed by atoms with Gasteiger partial charge in [0, 0.05) is 39.3 Å². The van der Waals surface area contributed by atoms with Crippen molar-refractivity contribution in [1.82, 2.24) is 9.80 Å². The molecular formula is C25H34N2O2S. The monoisotopic (exact) mass is 426 g/mol. The minimum absolute atomic E-state index is 0.162. The first-order valence-corrected chi connectivity index (χ1v) is 12.1. The zero-order valence-corrected chi connectivity index (χ0v) is 19.1. The van der Waals surface area contributed by atoms with Gasteiger partial charge in [-0.05, 0) is 73.2 Å². The number of hydrogen-bond acceptors (Lipinski definition) is 5. The Morgan fingerprint density at radius 3 is 2.70 bits per heavy atom. The van der Waals surface area contributed by atoms with Crippen LogP contribution in [0.1, 0.15) is 46.1 Å². The molecule has 1 unspecified atom stereocenters. The summed E-state index contributed by atoms with van der Waals surface area (Å²) in [6, 6.07) is 11.7. The Hall–Kier alpha value is -1.53. The Labute approximate surface area is 184 Å². The Kier molecular flexibility index (Phi) is 7.37. The van der Waals surface area contributed by atoms with Crippen LogP contribution in [0.2, 0.25) is 0 Å². The number of fused-ring (bicyclic) bond motifs is 1. The SMILES string of the molecule is COCCN(Cc1csc(C(C)=O)c1)CC1CCCN(C2Cc3ccccc3C2)C1. The van der Waals surface area contributed by atoms with Gasteiger partial charge in [-0.2, -0.15) is 0 Å². The van der Waals surface area contributed by atoms with Crippen molar-refractivity contribution in [2.45, 2.75) is 45.2 Å². The molecule has 162 valence electrons. The maximum absolute atomic E-state index is 11.6. The van der Waals surface area contributed by atoms with Crippen LogP contribution in [0.3, 0.4) is 0 Å². The van der Waals surface area contributed by atoms with E-state index < -0.39 is 0 Å². The molecule has 1 saturated heterocycles. The van der Waals surface area contributed by atoms with Crippen LogP contribution in [-0.4, -0.2) is 61.5 Å². The lowest BCUT2D eigenvalue weighted by Crippen LogP contribution is -2.46. The molecule has 4 rings (SSSR count).